The van der Waals surface area contributed by atoms with E-state index in [0.717, 1.165) is 29.3 Å². The van der Waals surface area contributed by atoms with Gasteiger partial charge >= 0.3 is 0 Å². The summed E-state index contributed by atoms with van der Waals surface area (Å²) in [6.07, 6.45) is 4.07. The lowest BCUT2D eigenvalue weighted by Gasteiger charge is -2.18. The predicted octanol–water partition coefficient (Wildman–Crippen LogP) is 2.93. The molecular formula is C21H20FN3O2. The van der Waals surface area contributed by atoms with Gasteiger partial charge in [0.2, 0.25) is 5.91 Å². The molecule has 3 N–H and O–H groups in total. The number of H-pyrrole nitrogens is 1. The number of nitrogens with one attached hydrogen (secondary N) is 3. The maximum atomic E-state index is 13.9. The van der Waals surface area contributed by atoms with Crippen LogP contribution in [0, 0.1) is 5.82 Å². The lowest BCUT2D eigenvalue weighted by molar-refractivity contribution is -0.123. The molecule has 27 heavy (non-hydrogen) atoms. The van der Waals surface area contributed by atoms with E-state index in [-0.39, 0.29) is 17.5 Å². The van der Waals surface area contributed by atoms with E-state index in [4.69, 9.17) is 0 Å². The zero-order valence-corrected chi connectivity index (χ0v) is 14.7. The summed E-state index contributed by atoms with van der Waals surface area (Å²) in [5, 5.41) is 6.64. The van der Waals surface area contributed by atoms with Gasteiger partial charge in [-0.05, 0) is 36.6 Å². The molecule has 0 saturated heterocycles. The molecule has 5 nitrogen and oxygen atoms in total. The lowest BCUT2D eigenvalue weighted by Crippen LogP contribution is -2.48. The number of halogens is 1. The second kappa shape index (κ2) is 7.23. The Balaban J connectivity index is 1.57. The lowest BCUT2D eigenvalue weighted by atomic mass is 10.0. The second-order valence-corrected chi connectivity index (χ2v) is 6.85. The third-order valence-electron chi connectivity index (χ3n) is 4.76. The van der Waals surface area contributed by atoms with Gasteiger partial charge < -0.3 is 15.6 Å². The van der Waals surface area contributed by atoms with Crippen molar-refractivity contribution in [1.82, 2.24) is 15.6 Å². The minimum absolute atomic E-state index is 0.0688. The molecular weight excluding hydrogens is 345 g/mol. The number of aromatic nitrogens is 1. The van der Waals surface area contributed by atoms with E-state index in [1.807, 2.05) is 30.5 Å². The molecule has 4 rings (SSSR count). The summed E-state index contributed by atoms with van der Waals surface area (Å²) in [6, 6.07) is 12.9. The van der Waals surface area contributed by atoms with Crippen LogP contribution in [-0.4, -0.2) is 28.9 Å². The summed E-state index contributed by atoms with van der Waals surface area (Å²) >= 11 is 0. The van der Waals surface area contributed by atoms with Crippen LogP contribution >= 0.6 is 0 Å². The monoisotopic (exact) mass is 365 g/mol. The van der Waals surface area contributed by atoms with Crippen molar-refractivity contribution in [3.05, 3.63) is 71.7 Å². The van der Waals surface area contributed by atoms with Gasteiger partial charge in [0.05, 0.1) is 5.56 Å². The second-order valence-electron chi connectivity index (χ2n) is 6.85. The quantitative estimate of drug-likeness (QED) is 0.628. The standard InChI is InChI=1S/C21H20FN3O2/c22-17-7-3-1-6-16(17)20(26)25-19(21(27)24-14-9-10-14)11-13-12-23-18-8-4-2-5-15(13)18/h1-8,12,14,19,23H,9-11H2,(H,24,27)(H,25,26)/t19-/m1/s1. The number of carbonyl (C=O) groups excluding carboxylic acids is 2. The summed E-state index contributed by atoms with van der Waals surface area (Å²) in [6.45, 7) is 0. The highest BCUT2D eigenvalue weighted by Crippen LogP contribution is 2.21. The van der Waals surface area contributed by atoms with Crippen LogP contribution in [0.2, 0.25) is 0 Å². The SMILES string of the molecule is O=C(N[C@H](Cc1c[nH]c2ccccc12)C(=O)NC1CC1)c1ccccc1F. The molecule has 6 heteroatoms. The van der Waals surface area contributed by atoms with Crippen molar-refractivity contribution in [2.24, 2.45) is 0 Å². The van der Waals surface area contributed by atoms with Gasteiger partial charge in [-0.3, -0.25) is 9.59 Å². The number of carbonyl (C=O) groups is 2. The van der Waals surface area contributed by atoms with E-state index in [0.29, 0.717) is 6.42 Å². The van der Waals surface area contributed by atoms with Crippen LogP contribution in [0.4, 0.5) is 4.39 Å². The van der Waals surface area contributed by atoms with Gasteiger partial charge in [0, 0.05) is 29.6 Å². The van der Waals surface area contributed by atoms with Crippen LogP contribution in [0.5, 0.6) is 0 Å². The van der Waals surface area contributed by atoms with Crippen molar-refractivity contribution < 1.29 is 14.0 Å². The minimum atomic E-state index is -0.781. The molecule has 2 aromatic carbocycles. The molecule has 1 fully saturated rings. The van der Waals surface area contributed by atoms with Gasteiger partial charge in [-0.1, -0.05) is 30.3 Å². The van der Waals surface area contributed by atoms with Crippen LogP contribution in [0.15, 0.2) is 54.7 Å². The van der Waals surface area contributed by atoms with Crippen molar-refractivity contribution in [3.8, 4) is 0 Å². The average Bonchev–Trinajstić information content (AvgIpc) is 3.39. The zero-order chi connectivity index (χ0) is 18.8. The van der Waals surface area contributed by atoms with Gasteiger partial charge in [0.15, 0.2) is 0 Å². The maximum absolute atomic E-state index is 13.9. The van der Waals surface area contributed by atoms with Crippen molar-refractivity contribution in [3.63, 3.8) is 0 Å². The zero-order valence-electron chi connectivity index (χ0n) is 14.7. The number of hydrogen-bond donors (Lipinski definition) is 3. The number of fused-ring (bicyclic) bond motifs is 1. The first-order valence-corrected chi connectivity index (χ1v) is 9.02. The Morgan fingerprint density at radius 2 is 1.85 bits per heavy atom. The molecule has 1 aromatic heterocycles. The fourth-order valence-corrected chi connectivity index (χ4v) is 3.14. The van der Waals surface area contributed by atoms with Gasteiger partial charge in [0.25, 0.3) is 5.91 Å². The summed E-state index contributed by atoms with van der Waals surface area (Å²) in [4.78, 5) is 28.4. The minimum Gasteiger partial charge on any atom is -0.361 e. The third-order valence-corrected chi connectivity index (χ3v) is 4.76. The Kier molecular flexibility index (Phi) is 4.62. The Morgan fingerprint density at radius 3 is 2.63 bits per heavy atom. The van der Waals surface area contributed by atoms with E-state index < -0.39 is 17.8 Å². The molecule has 1 saturated carbocycles. The molecule has 1 atom stereocenters. The number of para-hydroxylation sites is 1. The number of aromatic amines is 1. The van der Waals surface area contributed by atoms with E-state index >= 15 is 0 Å². The fraction of sp³-hybridized carbons (Fsp3) is 0.238. The van der Waals surface area contributed by atoms with Crippen LogP contribution in [-0.2, 0) is 11.2 Å². The third kappa shape index (κ3) is 3.84. The van der Waals surface area contributed by atoms with Gasteiger partial charge in [0.1, 0.15) is 11.9 Å². The summed E-state index contributed by atoms with van der Waals surface area (Å²) in [5.41, 5.74) is 1.82. The van der Waals surface area contributed by atoms with Crippen molar-refractivity contribution in [2.75, 3.05) is 0 Å². The van der Waals surface area contributed by atoms with Crippen molar-refractivity contribution in [1.29, 1.82) is 0 Å². The highest BCUT2D eigenvalue weighted by molar-refractivity contribution is 5.98. The van der Waals surface area contributed by atoms with Gasteiger partial charge in [-0.2, -0.15) is 0 Å². The van der Waals surface area contributed by atoms with Crippen molar-refractivity contribution >= 4 is 22.7 Å². The molecule has 0 spiro atoms. The molecule has 1 heterocycles. The Bertz CT molecular complexity index is 994. The number of hydrogen-bond acceptors (Lipinski definition) is 2. The first kappa shape index (κ1) is 17.3. The van der Waals surface area contributed by atoms with E-state index in [1.54, 1.807) is 6.07 Å². The Morgan fingerprint density at radius 1 is 1.11 bits per heavy atom. The highest BCUT2D eigenvalue weighted by atomic mass is 19.1. The molecule has 2 amide bonds. The normalized spacial score (nSPS) is 14.7. The van der Waals surface area contributed by atoms with Crippen molar-refractivity contribution in [2.45, 2.75) is 31.3 Å². The number of benzene rings is 2. The van der Waals surface area contributed by atoms with E-state index in [1.165, 1.54) is 18.2 Å². The van der Waals surface area contributed by atoms with Crippen LogP contribution in [0.3, 0.4) is 0 Å². The summed E-state index contributed by atoms with van der Waals surface area (Å²) < 4.78 is 13.9. The molecule has 0 unspecified atom stereocenters. The summed E-state index contributed by atoms with van der Waals surface area (Å²) in [5.74, 6) is -1.44. The fourth-order valence-electron chi connectivity index (χ4n) is 3.14. The smallest absolute Gasteiger partial charge is 0.254 e. The van der Waals surface area contributed by atoms with Crippen LogP contribution < -0.4 is 10.6 Å². The number of amides is 2. The van der Waals surface area contributed by atoms with Gasteiger partial charge in [-0.15, -0.1) is 0 Å². The van der Waals surface area contributed by atoms with E-state index in [9.17, 15) is 14.0 Å². The molecule has 0 radical (unpaired) electrons. The average molecular weight is 365 g/mol. The molecule has 1 aliphatic rings. The number of rotatable bonds is 6. The maximum Gasteiger partial charge on any atom is 0.254 e. The topological polar surface area (TPSA) is 74.0 Å². The first-order chi connectivity index (χ1) is 13.1. The Labute approximate surface area is 156 Å². The summed E-state index contributed by atoms with van der Waals surface area (Å²) in [7, 11) is 0. The predicted molar refractivity (Wildman–Crippen MR) is 101 cm³/mol. The van der Waals surface area contributed by atoms with Crippen LogP contribution in [0.1, 0.15) is 28.8 Å². The Hall–Kier alpha value is -3.15. The molecule has 1 aliphatic carbocycles. The highest BCUT2D eigenvalue weighted by Gasteiger charge is 2.29. The van der Waals surface area contributed by atoms with Crippen LogP contribution in [0.25, 0.3) is 10.9 Å². The molecule has 3 aromatic rings. The van der Waals surface area contributed by atoms with Gasteiger partial charge in [-0.25, -0.2) is 4.39 Å². The van der Waals surface area contributed by atoms with E-state index in [2.05, 4.69) is 15.6 Å². The largest absolute Gasteiger partial charge is 0.361 e. The molecule has 0 bridgehead atoms. The molecule has 0 aliphatic heterocycles. The molecule has 138 valence electrons. The first-order valence-electron chi connectivity index (χ1n) is 9.02.